The molecule has 9 heteroatoms. The summed E-state index contributed by atoms with van der Waals surface area (Å²) in [5, 5.41) is 4.07. The first-order chi connectivity index (χ1) is 13.9. The van der Waals surface area contributed by atoms with Crippen molar-refractivity contribution >= 4 is 38.6 Å². The van der Waals surface area contributed by atoms with Gasteiger partial charge < -0.3 is 4.90 Å². The van der Waals surface area contributed by atoms with E-state index in [1.807, 2.05) is 22.4 Å². The lowest BCUT2D eigenvalue weighted by Crippen LogP contribution is -2.39. The fourth-order valence-electron chi connectivity index (χ4n) is 3.49. The molecule has 3 aromatic rings. The highest BCUT2D eigenvalue weighted by Crippen LogP contribution is 2.40. The van der Waals surface area contributed by atoms with Gasteiger partial charge in [-0.15, -0.1) is 22.7 Å². The van der Waals surface area contributed by atoms with E-state index in [0.717, 1.165) is 21.3 Å². The fraction of sp³-hybridized carbons (Fsp3) is 0.250. The number of hydrogen-bond donors (Lipinski definition) is 0. The van der Waals surface area contributed by atoms with Gasteiger partial charge >= 0.3 is 0 Å². The largest absolute Gasteiger partial charge is 0.326 e. The van der Waals surface area contributed by atoms with Crippen molar-refractivity contribution in [1.82, 2.24) is 9.37 Å². The highest BCUT2D eigenvalue weighted by Gasteiger charge is 2.34. The Morgan fingerprint density at radius 2 is 2.00 bits per heavy atom. The van der Waals surface area contributed by atoms with Crippen LogP contribution in [0.5, 0.6) is 0 Å². The lowest BCUT2D eigenvalue weighted by atomic mass is 9.97. The van der Waals surface area contributed by atoms with Gasteiger partial charge in [0.2, 0.25) is 0 Å². The van der Waals surface area contributed by atoms with Crippen LogP contribution < -0.4 is 0 Å². The number of benzene rings is 1. The summed E-state index contributed by atoms with van der Waals surface area (Å²) in [5.74, 6) is -0.183. The van der Waals surface area contributed by atoms with Crippen molar-refractivity contribution in [2.24, 2.45) is 0 Å². The predicted molar refractivity (Wildman–Crippen MR) is 114 cm³/mol. The lowest BCUT2D eigenvalue weighted by Gasteiger charge is -2.35. The molecule has 0 spiro atoms. The number of nitrogens with zero attached hydrogens (tertiary/aromatic N) is 2. The summed E-state index contributed by atoms with van der Waals surface area (Å²) < 4.78 is 25.9. The molecule has 3 heterocycles. The van der Waals surface area contributed by atoms with E-state index >= 15 is 0 Å². The van der Waals surface area contributed by atoms with Crippen LogP contribution in [-0.2, 0) is 21.3 Å². The topological polar surface area (TPSA) is 66.9 Å². The summed E-state index contributed by atoms with van der Waals surface area (Å²) in [4.78, 5) is 22.5. The molecular weight excluding hydrogens is 428 g/mol. The molecule has 1 aliphatic heterocycles. The molecule has 1 unspecified atom stereocenters. The molecule has 29 heavy (non-hydrogen) atoms. The fourth-order valence-corrected chi connectivity index (χ4v) is 6.27. The zero-order valence-electron chi connectivity index (χ0n) is 15.9. The second-order valence-electron chi connectivity index (χ2n) is 6.59. The molecule has 0 N–H and O–H groups in total. The number of hydroxylamine groups is 1. The second kappa shape index (κ2) is 8.00. The number of carbonyl (C=O) groups excluding carboxylic acids is 1. The van der Waals surface area contributed by atoms with Crippen LogP contribution in [0, 0.1) is 0 Å². The summed E-state index contributed by atoms with van der Waals surface area (Å²) in [6.45, 7) is 0.587. The molecule has 0 fully saturated rings. The standard InChI is InChI=1S/C20H20N2O4S3/c1-21(26-2)29(24,25)15-6-3-5-14(13-15)20(23)22-10-8-17-16(9-12-28-17)19(22)18-7-4-11-27-18/h3-7,9,11-13,19H,8,10H2,1-2H3. The van der Waals surface area contributed by atoms with E-state index in [0.29, 0.717) is 12.1 Å². The van der Waals surface area contributed by atoms with E-state index in [9.17, 15) is 13.2 Å². The lowest BCUT2D eigenvalue weighted by molar-refractivity contribution is -0.0258. The monoisotopic (exact) mass is 448 g/mol. The first kappa shape index (κ1) is 20.2. The van der Waals surface area contributed by atoms with Crippen LogP contribution in [0.1, 0.15) is 31.7 Å². The maximum Gasteiger partial charge on any atom is 0.264 e. The highest BCUT2D eigenvalue weighted by molar-refractivity contribution is 7.89. The number of amides is 1. The van der Waals surface area contributed by atoms with Crippen molar-refractivity contribution in [3.8, 4) is 0 Å². The summed E-state index contributed by atoms with van der Waals surface area (Å²) >= 11 is 3.33. The quantitative estimate of drug-likeness (QED) is 0.557. The third-order valence-electron chi connectivity index (χ3n) is 5.01. The summed E-state index contributed by atoms with van der Waals surface area (Å²) in [7, 11) is -1.23. The van der Waals surface area contributed by atoms with Crippen LogP contribution >= 0.6 is 22.7 Å². The summed E-state index contributed by atoms with van der Waals surface area (Å²) in [6.07, 6.45) is 0.797. The predicted octanol–water partition coefficient (Wildman–Crippen LogP) is 3.78. The van der Waals surface area contributed by atoms with Gasteiger partial charge in [0.05, 0.1) is 18.0 Å². The van der Waals surface area contributed by atoms with Gasteiger partial charge in [0.15, 0.2) is 0 Å². The number of hydrogen-bond acceptors (Lipinski definition) is 6. The van der Waals surface area contributed by atoms with Crippen LogP contribution in [0.15, 0.2) is 58.1 Å². The molecule has 0 saturated carbocycles. The number of fused-ring (bicyclic) bond motifs is 1. The van der Waals surface area contributed by atoms with Crippen molar-refractivity contribution in [1.29, 1.82) is 0 Å². The van der Waals surface area contributed by atoms with Crippen LogP contribution in [0.4, 0.5) is 0 Å². The van der Waals surface area contributed by atoms with Crippen molar-refractivity contribution < 1.29 is 18.0 Å². The van der Waals surface area contributed by atoms with Gasteiger partial charge in [-0.2, -0.15) is 0 Å². The van der Waals surface area contributed by atoms with Gasteiger partial charge in [-0.1, -0.05) is 16.6 Å². The summed E-state index contributed by atoms with van der Waals surface area (Å²) in [6, 6.07) is 12.1. The first-order valence-electron chi connectivity index (χ1n) is 8.97. The molecule has 1 aliphatic rings. The van der Waals surface area contributed by atoms with E-state index in [1.165, 1.54) is 31.2 Å². The zero-order chi connectivity index (χ0) is 20.6. The smallest absolute Gasteiger partial charge is 0.264 e. The molecule has 1 amide bonds. The molecular formula is C20H20N2O4S3. The third kappa shape index (κ3) is 3.64. The molecule has 1 aromatic carbocycles. The Morgan fingerprint density at radius 1 is 1.17 bits per heavy atom. The average Bonchev–Trinajstić information content (AvgIpc) is 3.43. The first-order valence-corrected chi connectivity index (χ1v) is 12.2. The van der Waals surface area contributed by atoms with Gasteiger partial charge in [0.1, 0.15) is 0 Å². The number of carbonyl (C=O) groups is 1. The van der Waals surface area contributed by atoms with Crippen LogP contribution in [0.25, 0.3) is 0 Å². The Hall–Kier alpha value is -2.04. The van der Waals surface area contributed by atoms with E-state index < -0.39 is 10.0 Å². The van der Waals surface area contributed by atoms with Crippen molar-refractivity contribution in [2.75, 3.05) is 20.7 Å². The minimum atomic E-state index is -3.83. The van der Waals surface area contributed by atoms with Crippen LogP contribution in [0.3, 0.4) is 0 Å². The van der Waals surface area contributed by atoms with Gasteiger partial charge in [0, 0.05) is 28.9 Å². The third-order valence-corrected chi connectivity index (χ3v) is 8.61. The van der Waals surface area contributed by atoms with Gasteiger partial charge in [-0.05, 0) is 53.1 Å². The molecule has 0 radical (unpaired) electrons. The maximum atomic E-state index is 13.4. The number of sulfonamides is 1. The Labute approximate surface area is 178 Å². The minimum Gasteiger partial charge on any atom is -0.326 e. The Kier molecular flexibility index (Phi) is 5.58. The molecule has 2 aromatic heterocycles. The molecule has 4 rings (SSSR count). The van der Waals surface area contributed by atoms with Crippen molar-refractivity contribution in [2.45, 2.75) is 17.4 Å². The average molecular weight is 449 g/mol. The van der Waals surface area contributed by atoms with Crippen LogP contribution in [-0.4, -0.2) is 44.4 Å². The maximum absolute atomic E-state index is 13.4. The normalized spacial score (nSPS) is 16.8. The zero-order valence-corrected chi connectivity index (χ0v) is 18.4. The van der Waals surface area contributed by atoms with E-state index in [4.69, 9.17) is 4.84 Å². The molecule has 0 bridgehead atoms. The molecule has 6 nitrogen and oxygen atoms in total. The van der Waals surface area contributed by atoms with E-state index in [-0.39, 0.29) is 16.8 Å². The number of rotatable bonds is 5. The molecule has 1 atom stereocenters. The Bertz CT molecular complexity index is 1120. The van der Waals surface area contributed by atoms with Crippen molar-refractivity contribution in [3.05, 3.63) is 74.1 Å². The highest BCUT2D eigenvalue weighted by atomic mass is 32.2. The molecule has 152 valence electrons. The number of thiophene rings is 2. The van der Waals surface area contributed by atoms with E-state index in [2.05, 4.69) is 11.4 Å². The van der Waals surface area contributed by atoms with E-state index in [1.54, 1.807) is 34.8 Å². The Morgan fingerprint density at radius 3 is 2.72 bits per heavy atom. The van der Waals surface area contributed by atoms with Crippen LogP contribution in [0.2, 0.25) is 0 Å². The van der Waals surface area contributed by atoms with Crippen molar-refractivity contribution in [3.63, 3.8) is 0 Å². The Balaban J connectivity index is 1.72. The van der Waals surface area contributed by atoms with Gasteiger partial charge in [-0.25, -0.2) is 8.42 Å². The van der Waals surface area contributed by atoms with Gasteiger partial charge in [0.25, 0.3) is 15.9 Å². The molecule has 0 aliphatic carbocycles. The minimum absolute atomic E-state index is 0.0219. The summed E-state index contributed by atoms with van der Waals surface area (Å²) in [5.41, 5.74) is 1.50. The van der Waals surface area contributed by atoms with Gasteiger partial charge in [-0.3, -0.25) is 9.63 Å². The second-order valence-corrected chi connectivity index (χ2v) is 10.5. The molecule has 0 saturated heterocycles. The SMILES string of the molecule is CON(C)S(=O)(=O)c1cccc(C(=O)N2CCc3sccc3C2c2cccs2)c1.